The second-order valence-electron chi connectivity index (χ2n) is 15.3. The van der Waals surface area contributed by atoms with Crippen LogP contribution in [0.3, 0.4) is 0 Å². The second kappa shape index (κ2) is 21.1. The van der Waals surface area contributed by atoms with Gasteiger partial charge in [-0.1, -0.05) is 13.8 Å². The number of rotatable bonds is 15. The Kier molecular flexibility index (Phi) is 16.0. The van der Waals surface area contributed by atoms with Gasteiger partial charge in [0.1, 0.15) is 0 Å². The number of aliphatic carboxylic acids is 1. The molecule has 2 saturated heterocycles. The predicted molar refractivity (Wildman–Crippen MR) is 227 cm³/mol. The van der Waals surface area contributed by atoms with Gasteiger partial charge in [0.2, 0.25) is 11.8 Å². The maximum Gasteiger partial charge on any atom is 0.490 e. The van der Waals surface area contributed by atoms with Crippen molar-refractivity contribution in [1.29, 1.82) is 0 Å². The molecule has 344 valence electrons. The number of amides is 6. The van der Waals surface area contributed by atoms with E-state index in [0.717, 1.165) is 81.6 Å². The highest BCUT2D eigenvalue weighted by atomic mass is 19.4. The average molecular weight is 887 g/mol. The number of anilines is 2. The highest BCUT2D eigenvalue weighted by Gasteiger charge is 2.38. The number of halogens is 3. The van der Waals surface area contributed by atoms with Crippen LogP contribution in [-0.4, -0.2) is 119 Å². The Morgan fingerprint density at radius 2 is 1.03 bits per heavy atom. The van der Waals surface area contributed by atoms with Crippen molar-refractivity contribution >= 4 is 63.3 Å². The lowest BCUT2D eigenvalue weighted by atomic mass is 10.0. The molecule has 0 radical (unpaired) electrons. The molecule has 2 aliphatic heterocycles. The normalized spacial score (nSPS) is 14.9. The summed E-state index contributed by atoms with van der Waals surface area (Å²) in [7, 11) is 0. The molecule has 6 rings (SSSR count). The molecule has 2 aliphatic rings. The number of piperidine rings is 2. The minimum atomic E-state index is -5.08. The maximum atomic E-state index is 13.3. The third-order valence-corrected chi connectivity index (χ3v) is 11.3. The number of alkyl halides is 3. The van der Waals surface area contributed by atoms with Gasteiger partial charge in [-0.2, -0.15) is 23.4 Å². The first-order valence-electron chi connectivity index (χ1n) is 21.2. The van der Waals surface area contributed by atoms with Gasteiger partial charge < -0.3 is 47.6 Å². The first-order valence-corrected chi connectivity index (χ1v) is 21.2. The van der Waals surface area contributed by atoms with E-state index in [9.17, 15) is 32.3 Å². The zero-order valence-corrected chi connectivity index (χ0v) is 36.0. The summed E-state index contributed by atoms with van der Waals surface area (Å²) in [5.41, 5.74) is 17.8. The monoisotopic (exact) mass is 886 g/mol. The van der Waals surface area contributed by atoms with Crippen molar-refractivity contribution in [3.63, 3.8) is 0 Å². The molecular weight excluding hydrogens is 830 g/mol. The van der Waals surface area contributed by atoms with Gasteiger partial charge in [0.05, 0.1) is 34.5 Å². The van der Waals surface area contributed by atoms with Gasteiger partial charge in [0.15, 0.2) is 11.3 Å². The van der Waals surface area contributed by atoms with E-state index in [1.807, 2.05) is 49.5 Å². The molecule has 4 aromatic rings. The first kappa shape index (κ1) is 47.6. The van der Waals surface area contributed by atoms with Crippen LogP contribution in [0.15, 0.2) is 12.4 Å². The summed E-state index contributed by atoms with van der Waals surface area (Å²) in [6.07, 6.45) is 2.78. The number of carboxylic acid groups (broad SMARTS) is 1. The molecule has 0 aliphatic carbocycles. The van der Waals surface area contributed by atoms with Crippen LogP contribution in [-0.2, 0) is 53.4 Å². The van der Waals surface area contributed by atoms with Crippen LogP contribution >= 0.6 is 0 Å². The number of hydrogen-bond donors (Lipinski definition) is 7. The van der Waals surface area contributed by atoms with Crippen molar-refractivity contribution in [1.82, 2.24) is 50.0 Å². The summed E-state index contributed by atoms with van der Waals surface area (Å²) in [5, 5.41) is 31.5. The zero-order valence-electron chi connectivity index (χ0n) is 36.0. The van der Waals surface area contributed by atoms with E-state index >= 15 is 0 Å². The fourth-order valence-corrected chi connectivity index (χ4v) is 7.78. The lowest BCUT2D eigenvalue weighted by Crippen LogP contribution is -2.44. The van der Waals surface area contributed by atoms with Crippen molar-refractivity contribution in [2.24, 2.45) is 11.5 Å². The van der Waals surface area contributed by atoms with Gasteiger partial charge in [0, 0.05) is 99.8 Å². The van der Waals surface area contributed by atoms with Gasteiger partial charge in [-0.15, -0.1) is 0 Å². The van der Waals surface area contributed by atoms with E-state index in [-0.39, 0.29) is 49.8 Å². The number of likely N-dealkylation sites (tertiary alicyclic amines) is 2. The van der Waals surface area contributed by atoms with Gasteiger partial charge in [0.25, 0.3) is 0 Å². The van der Waals surface area contributed by atoms with Crippen LogP contribution in [0.2, 0.25) is 0 Å². The molecule has 9 N–H and O–H groups in total. The number of hydrogen-bond acceptors (Lipinski definition) is 11. The van der Waals surface area contributed by atoms with Crippen LogP contribution in [0.4, 0.5) is 34.1 Å². The molecule has 6 heterocycles. The Bertz CT molecular complexity index is 2130. The van der Waals surface area contributed by atoms with Crippen LogP contribution in [0.5, 0.6) is 0 Å². The Balaban J connectivity index is 0.000000985. The number of fused-ring (bicyclic) bond motifs is 2. The number of carbonyl (C=O) groups excluding carboxylic acids is 4. The van der Waals surface area contributed by atoms with Crippen LogP contribution in [0.1, 0.15) is 88.7 Å². The van der Waals surface area contributed by atoms with E-state index in [1.54, 1.807) is 9.80 Å². The smallest absolute Gasteiger partial charge is 0.475 e. The highest BCUT2D eigenvalue weighted by molar-refractivity contribution is 5.93. The number of aromatic nitrogens is 6. The van der Waals surface area contributed by atoms with Crippen molar-refractivity contribution in [2.75, 3.05) is 36.8 Å². The van der Waals surface area contributed by atoms with Crippen molar-refractivity contribution in [3.05, 3.63) is 34.9 Å². The van der Waals surface area contributed by atoms with E-state index in [1.165, 1.54) is 0 Å². The minimum absolute atomic E-state index is 0.00973. The molecule has 0 aromatic carbocycles. The number of carboxylic acids is 1. The first-order chi connectivity index (χ1) is 30.0. The Morgan fingerprint density at radius 3 is 1.32 bits per heavy atom. The van der Waals surface area contributed by atoms with E-state index in [2.05, 4.69) is 31.5 Å². The predicted octanol–water partition coefficient (Wildman–Crippen LogP) is 3.60. The molecule has 0 saturated carbocycles. The fraction of sp³-hybridized carbons (Fsp3) is 0.575. The molecule has 0 bridgehead atoms. The molecule has 63 heavy (non-hydrogen) atoms. The van der Waals surface area contributed by atoms with Gasteiger partial charge in [-0.3, -0.25) is 9.59 Å². The largest absolute Gasteiger partial charge is 0.490 e. The zero-order chi connectivity index (χ0) is 46.0. The number of pyridine rings is 2. The number of nitrogens with one attached hydrogen (secondary N) is 4. The number of nitrogens with two attached hydrogens (primary N) is 2. The second-order valence-corrected chi connectivity index (χ2v) is 15.3. The summed E-state index contributed by atoms with van der Waals surface area (Å²) in [6, 6.07) is -0.625. The Hall–Kier alpha value is -6.42. The summed E-state index contributed by atoms with van der Waals surface area (Å²) in [4.78, 5) is 72.1. The number of urea groups is 2. The Morgan fingerprint density at radius 1 is 0.683 bits per heavy atom. The van der Waals surface area contributed by atoms with Gasteiger partial charge in [-0.05, 0) is 52.4 Å². The third-order valence-electron chi connectivity index (χ3n) is 11.3. The molecule has 4 aromatic heterocycles. The Labute approximate surface area is 361 Å². The minimum Gasteiger partial charge on any atom is -0.475 e. The topological polar surface area (TPSA) is 274 Å². The highest BCUT2D eigenvalue weighted by Crippen LogP contribution is 2.33. The molecule has 2 fully saturated rings. The standard InChI is InChI=1S/C38H56N14O4.C2HF3O2/c1-5-29-25(33(27-21-43-51(7-3)35(27)47-29)45-23-11-15-49(16-12-23)37(39)55)19-41-31(53)9-10-32(54)42-20-26-30(6-2)48-36-28(22-44-52(36)8-4)34(26)46-24-13-17-50(18-14-24)38(40)56;3-2(4,5)1(6)7/h21-24H,5-20H2,1-4H3,(H2,39,55)(H2,40,56)(H,41,53)(H,42,54)(H,45,47)(H,46,48);(H,6,7). The summed E-state index contributed by atoms with van der Waals surface area (Å²) in [5.74, 6) is -3.25. The quantitative estimate of drug-likeness (QED) is 0.0903. The SMILES string of the molecule is CCc1nc2c(cnn2CC)c(NC2CCN(C(N)=O)CC2)c1CNC(=O)CCC(=O)NCc1c(CC)nc2c(cnn2CC)c1NC1CCN(C(N)=O)CC1.O=C(O)C(F)(F)F. The van der Waals surface area contributed by atoms with Gasteiger partial charge >= 0.3 is 24.2 Å². The van der Waals surface area contributed by atoms with Crippen molar-refractivity contribution in [3.8, 4) is 0 Å². The van der Waals surface area contributed by atoms with Crippen molar-refractivity contribution < 1.29 is 42.3 Å². The van der Waals surface area contributed by atoms with Gasteiger partial charge in [-0.25, -0.2) is 33.7 Å². The number of aryl methyl sites for hydroxylation is 4. The van der Waals surface area contributed by atoms with Crippen LogP contribution < -0.4 is 32.7 Å². The summed E-state index contributed by atoms with van der Waals surface area (Å²) >= 11 is 0. The number of nitrogens with zero attached hydrogens (tertiary/aromatic N) is 8. The number of primary amides is 2. The molecule has 0 spiro atoms. The van der Waals surface area contributed by atoms with E-state index in [0.29, 0.717) is 52.1 Å². The average Bonchev–Trinajstić information content (AvgIpc) is 3.88. The lowest BCUT2D eigenvalue weighted by molar-refractivity contribution is -0.192. The fourth-order valence-electron chi connectivity index (χ4n) is 7.78. The molecular formula is C40H57F3N14O6. The molecule has 0 unspecified atom stereocenters. The lowest BCUT2D eigenvalue weighted by Gasteiger charge is -2.32. The van der Waals surface area contributed by atoms with Crippen LogP contribution in [0.25, 0.3) is 22.1 Å². The number of carbonyl (C=O) groups is 5. The molecule has 20 nitrogen and oxygen atoms in total. The van der Waals surface area contributed by atoms with Crippen molar-refractivity contribution in [2.45, 2.75) is 124 Å². The molecule has 23 heteroatoms. The summed E-state index contributed by atoms with van der Waals surface area (Å²) in [6.45, 7) is 12.2. The van der Waals surface area contributed by atoms with Crippen LogP contribution in [0, 0.1) is 0 Å². The van der Waals surface area contributed by atoms with E-state index < -0.39 is 24.2 Å². The third kappa shape index (κ3) is 11.7. The van der Waals surface area contributed by atoms with E-state index in [4.69, 9.17) is 31.3 Å². The maximum absolute atomic E-state index is 13.3. The molecule has 6 amide bonds. The molecule has 0 atom stereocenters. The summed E-state index contributed by atoms with van der Waals surface area (Å²) < 4.78 is 35.5.